The summed E-state index contributed by atoms with van der Waals surface area (Å²) in [6, 6.07) is 7.10. The van der Waals surface area contributed by atoms with Crippen molar-refractivity contribution in [3.8, 4) is 5.88 Å². The van der Waals surface area contributed by atoms with Gasteiger partial charge in [-0.2, -0.15) is 0 Å². The molecular formula is C16H16Cl2N4O2. The Labute approximate surface area is 150 Å². The summed E-state index contributed by atoms with van der Waals surface area (Å²) < 4.78 is 5.03. The number of benzene rings is 1. The first-order chi connectivity index (χ1) is 11.6. The second-order valence-electron chi connectivity index (χ2n) is 5.30. The Morgan fingerprint density at radius 1 is 1.17 bits per heavy atom. The smallest absolute Gasteiger partial charge is 0.272 e. The maximum atomic E-state index is 12.5. The molecule has 0 bridgehead atoms. The number of piperazine rings is 1. The lowest BCUT2D eigenvalue weighted by Gasteiger charge is -2.36. The van der Waals surface area contributed by atoms with E-state index in [2.05, 4.69) is 14.9 Å². The van der Waals surface area contributed by atoms with E-state index in [1.54, 1.807) is 17.0 Å². The molecular weight excluding hydrogens is 351 g/mol. The third kappa shape index (κ3) is 3.39. The minimum absolute atomic E-state index is 0.132. The summed E-state index contributed by atoms with van der Waals surface area (Å²) >= 11 is 12.3. The lowest BCUT2D eigenvalue weighted by Crippen LogP contribution is -2.49. The van der Waals surface area contributed by atoms with Gasteiger partial charge < -0.3 is 14.5 Å². The van der Waals surface area contributed by atoms with E-state index in [4.69, 9.17) is 27.9 Å². The number of rotatable bonds is 3. The summed E-state index contributed by atoms with van der Waals surface area (Å²) in [5.41, 5.74) is 1.22. The fourth-order valence-electron chi connectivity index (χ4n) is 2.62. The van der Waals surface area contributed by atoms with E-state index in [9.17, 15) is 4.79 Å². The molecule has 1 aliphatic rings. The van der Waals surface area contributed by atoms with Crippen LogP contribution in [-0.2, 0) is 0 Å². The van der Waals surface area contributed by atoms with Crippen LogP contribution in [0.15, 0.2) is 30.6 Å². The van der Waals surface area contributed by atoms with Crippen molar-refractivity contribution in [1.82, 2.24) is 14.9 Å². The van der Waals surface area contributed by atoms with Crippen molar-refractivity contribution in [3.63, 3.8) is 0 Å². The molecule has 1 aromatic heterocycles. The Balaban J connectivity index is 1.68. The molecule has 0 aliphatic carbocycles. The van der Waals surface area contributed by atoms with Gasteiger partial charge in [0.25, 0.3) is 5.91 Å². The Morgan fingerprint density at radius 3 is 2.62 bits per heavy atom. The number of anilines is 1. The Bertz CT molecular complexity index is 749. The summed E-state index contributed by atoms with van der Waals surface area (Å²) in [6.45, 7) is 2.50. The monoisotopic (exact) mass is 366 g/mol. The average Bonchev–Trinajstić information content (AvgIpc) is 2.63. The van der Waals surface area contributed by atoms with Crippen LogP contribution in [-0.4, -0.2) is 54.1 Å². The van der Waals surface area contributed by atoms with Gasteiger partial charge in [0.15, 0.2) is 0 Å². The van der Waals surface area contributed by atoms with Crippen LogP contribution in [0.4, 0.5) is 5.69 Å². The highest BCUT2D eigenvalue weighted by atomic mass is 35.5. The first-order valence-corrected chi connectivity index (χ1v) is 8.20. The number of halogens is 2. The molecule has 0 N–H and O–H groups in total. The minimum Gasteiger partial charge on any atom is -0.481 e. The maximum absolute atomic E-state index is 12.5. The number of aromatic nitrogens is 2. The van der Waals surface area contributed by atoms with E-state index < -0.39 is 0 Å². The summed E-state index contributed by atoms with van der Waals surface area (Å²) in [7, 11) is 1.50. The molecule has 2 aromatic rings. The Morgan fingerprint density at radius 2 is 1.92 bits per heavy atom. The van der Waals surface area contributed by atoms with E-state index in [0.29, 0.717) is 47.8 Å². The lowest BCUT2D eigenvalue weighted by molar-refractivity contribution is 0.0740. The third-order valence-electron chi connectivity index (χ3n) is 3.91. The van der Waals surface area contributed by atoms with Crippen molar-refractivity contribution in [2.45, 2.75) is 0 Å². The summed E-state index contributed by atoms with van der Waals surface area (Å²) in [6.07, 6.45) is 1.33. The zero-order valence-corrected chi connectivity index (χ0v) is 14.6. The molecule has 1 aromatic carbocycles. The number of nitrogens with zero attached hydrogens (tertiary/aromatic N) is 4. The van der Waals surface area contributed by atoms with Crippen LogP contribution in [0.5, 0.6) is 5.88 Å². The van der Waals surface area contributed by atoms with Crippen molar-refractivity contribution in [2.24, 2.45) is 0 Å². The quantitative estimate of drug-likeness (QED) is 0.835. The number of hydrogen-bond donors (Lipinski definition) is 0. The maximum Gasteiger partial charge on any atom is 0.272 e. The molecule has 0 spiro atoms. The molecule has 0 saturated carbocycles. The normalized spacial score (nSPS) is 14.6. The Kier molecular flexibility index (Phi) is 5.06. The largest absolute Gasteiger partial charge is 0.481 e. The van der Waals surface area contributed by atoms with Crippen LogP contribution in [0, 0.1) is 0 Å². The second kappa shape index (κ2) is 7.23. The van der Waals surface area contributed by atoms with E-state index >= 15 is 0 Å². The molecule has 3 rings (SSSR count). The van der Waals surface area contributed by atoms with E-state index in [0.717, 1.165) is 5.69 Å². The predicted octanol–water partition coefficient (Wildman–Crippen LogP) is 2.75. The standard InChI is InChI=1S/C16H16Cl2N4O2/c1-24-14-9-12(19-10-20-14)16(23)22-7-5-21(6-8-22)13-4-2-3-11(17)15(13)18/h2-4,9-10H,5-8H2,1H3. The van der Waals surface area contributed by atoms with Crippen molar-refractivity contribution in [1.29, 1.82) is 0 Å². The molecule has 0 unspecified atom stereocenters. The molecule has 24 heavy (non-hydrogen) atoms. The highest BCUT2D eigenvalue weighted by molar-refractivity contribution is 6.43. The fraction of sp³-hybridized carbons (Fsp3) is 0.312. The second-order valence-corrected chi connectivity index (χ2v) is 6.08. The van der Waals surface area contributed by atoms with Gasteiger partial charge in [0.05, 0.1) is 22.8 Å². The van der Waals surface area contributed by atoms with Gasteiger partial charge in [0.2, 0.25) is 5.88 Å². The van der Waals surface area contributed by atoms with Gasteiger partial charge in [-0.15, -0.1) is 0 Å². The van der Waals surface area contributed by atoms with Gasteiger partial charge in [-0.05, 0) is 12.1 Å². The van der Waals surface area contributed by atoms with Crippen LogP contribution in [0.2, 0.25) is 10.0 Å². The van der Waals surface area contributed by atoms with Crippen molar-refractivity contribution in [2.75, 3.05) is 38.2 Å². The van der Waals surface area contributed by atoms with Crippen LogP contribution >= 0.6 is 23.2 Å². The molecule has 1 saturated heterocycles. The Hall–Kier alpha value is -2.05. The molecule has 2 heterocycles. The number of ether oxygens (including phenoxy) is 1. The number of amides is 1. The summed E-state index contributed by atoms with van der Waals surface area (Å²) in [5.74, 6) is 0.241. The van der Waals surface area contributed by atoms with Crippen LogP contribution < -0.4 is 9.64 Å². The highest BCUT2D eigenvalue weighted by Gasteiger charge is 2.24. The van der Waals surface area contributed by atoms with E-state index in [1.165, 1.54) is 13.4 Å². The van der Waals surface area contributed by atoms with Crippen LogP contribution in [0.3, 0.4) is 0 Å². The van der Waals surface area contributed by atoms with Gasteiger partial charge in [-0.3, -0.25) is 4.79 Å². The van der Waals surface area contributed by atoms with E-state index in [1.807, 2.05) is 12.1 Å². The average molecular weight is 367 g/mol. The molecule has 8 heteroatoms. The first kappa shape index (κ1) is 16.8. The summed E-state index contributed by atoms with van der Waals surface area (Å²) in [4.78, 5) is 24.4. The molecule has 1 aliphatic heterocycles. The number of hydrogen-bond acceptors (Lipinski definition) is 5. The first-order valence-electron chi connectivity index (χ1n) is 7.44. The molecule has 0 atom stereocenters. The molecule has 1 amide bonds. The van der Waals surface area contributed by atoms with Crippen molar-refractivity contribution in [3.05, 3.63) is 46.3 Å². The van der Waals surface area contributed by atoms with Gasteiger partial charge in [0, 0.05) is 32.2 Å². The summed E-state index contributed by atoms with van der Waals surface area (Å²) in [5, 5.41) is 1.07. The van der Waals surface area contributed by atoms with Crippen LogP contribution in [0.25, 0.3) is 0 Å². The van der Waals surface area contributed by atoms with Gasteiger partial charge in [0.1, 0.15) is 12.0 Å². The van der Waals surface area contributed by atoms with E-state index in [-0.39, 0.29) is 5.91 Å². The molecule has 6 nitrogen and oxygen atoms in total. The number of methoxy groups -OCH3 is 1. The van der Waals surface area contributed by atoms with Crippen LogP contribution in [0.1, 0.15) is 10.5 Å². The zero-order valence-electron chi connectivity index (χ0n) is 13.1. The molecule has 0 radical (unpaired) electrons. The fourth-order valence-corrected chi connectivity index (χ4v) is 3.03. The number of carbonyl (C=O) groups excluding carboxylic acids is 1. The number of carbonyl (C=O) groups is 1. The highest BCUT2D eigenvalue weighted by Crippen LogP contribution is 2.32. The third-order valence-corrected chi connectivity index (χ3v) is 4.72. The lowest BCUT2D eigenvalue weighted by atomic mass is 10.2. The predicted molar refractivity (Wildman–Crippen MR) is 93.2 cm³/mol. The van der Waals surface area contributed by atoms with Gasteiger partial charge in [-0.1, -0.05) is 29.3 Å². The SMILES string of the molecule is COc1cc(C(=O)N2CCN(c3cccc(Cl)c3Cl)CC2)ncn1. The van der Waals surface area contributed by atoms with Gasteiger partial charge >= 0.3 is 0 Å². The molecule has 1 fully saturated rings. The zero-order chi connectivity index (χ0) is 17.1. The van der Waals surface area contributed by atoms with Crippen molar-refractivity contribution < 1.29 is 9.53 Å². The molecule has 126 valence electrons. The topological polar surface area (TPSA) is 58.6 Å². The van der Waals surface area contributed by atoms with Crippen molar-refractivity contribution >= 4 is 34.8 Å². The minimum atomic E-state index is -0.132. The van der Waals surface area contributed by atoms with Gasteiger partial charge in [-0.25, -0.2) is 9.97 Å².